The standard InChI is InChI=1S/C11H12N2O4/c14-10(15)7-6-9(11(16)17)13-12-8-4-2-1-3-5-8/h1-5,12H,6-7H2,(H,14,15)(H,16,17). The van der Waals surface area contributed by atoms with Crippen LogP contribution in [0, 0.1) is 0 Å². The first-order valence-electron chi connectivity index (χ1n) is 4.92. The Morgan fingerprint density at radius 1 is 1.12 bits per heavy atom. The highest BCUT2D eigenvalue weighted by Crippen LogP contribution is 2.05. The molecule has 17 heavy (non-hydrogen) atoms. The van der Waals surface area contributed by atoms with E-state index >= 15 is 0 Å². The van der Waals surface area contributed by atoms with Gasteiger partial charge < -0.3 is 10.2 Å². The fourth-order valence-electron chi connectivity index (χ4n) is 1.08. The minimum atomic E-state index is -1.23. The van der Waals surface area contributed by atoms with Crippen LogP contribution in [-0.2, 0) is 9.59 Å². The molecular formula is C11H12N2O4. The van der Waals surface area contributed by atoms with Crippen LogP contribution < -0.4 is 5.43 Å². The average molecular weight is 236 g/mol. The Labute approximate surface area is 97.6 Å². The number of hydrazone groups is 1. The van der Waals surface area contributed by atoms with Crippen molar-refractivity contribution in [2.45, 2.75) is 12.8 Å². The number of carboxylic acid groups (broad SMARTS) is 2. The van der Waals surface area contributed by atoms with Crippen LogP contribution in [0.2, 0.25) is 0 Å². The largest absolute Gasteiger partial charge is 0.481 e. The SMILES string of the molecule is O=C(O)CCC(=NNc1ccccc1)C(=O)O. The molecule has 0 saturated carbocycles. The molecule has 0 aliphatic rings. The molecule has 0 saturated heterocycles. The third-order valence-corrected chi connectivity index (χ3v) is 1.92. The highest BCUT2D eigenvalue weighted by molar-refractivity contribution is 6.35. The summed E-state index contributed by atoms with van der Waals surface area (Å²) >= 11 is 0. The second-order valence-corrected chi connectivity index (χ2v) is 3.24. The Morgan fingerprint density at radius 3 is 2.29 bits per heavy atom. The number of nitrogens with zero attached hydrogens (tertiary/aromatic N) is 1. The zero-order valence-electron chi connectivity index (χ0n) is 8.96. The van der Waals surface area contributed by atoms with Crippen LogP contribution in [0.25, 0.3) is 0 Å². The van der Waals surface area contributed by atoms with Crippen molar-refractivity contribution in [1.82, 2.24) is 0 Å². The molecule has 0 heterocycles. The molecule has 3 N–H and O–H groups in total. The van der Waals surface area contributed by atoms with E-state index in [0.29, 0.717) is 5.69 Å². The van der Waals surface area contributed by atoms with Crippen LogP contribution in [-0.4, -0.2) is 27.9 Å². The van der Waals surface area contributed by atoms with Gasteiger partial charge in [0.05, 0.1) is 12.1 Å². The van der Waals surface area contributed by atoms with E-state index in [0.717, 1.165) is 0 Å². The van der Waals surface area contributed by atoms with E-state index in [1.165, 1.54) is 0 Å². The molecule has 0 aliphatic carbocycles. The summed E-state index contributed by atoms with van der Waals surface area (Å²) in [5.74, 6) is -2.28. The maximum Gasteiger partial charge on any atom is 0.352 e. The maximum absolute atomic E-state index is 10.8. The Hall–Kier alpha value is -2.37. The molecule has 1 aromatic rings. The molecular weight excluding hydrogens is 224 g/mol. The highest BCUT2D eigenvalue weighted by atomic mass is 16.4. The number of carboxylic acids is 2. The van der Waals surface area contributed by atoms with Crippen LogP contribution in [0.3, 0.4) is 0 Å². The molecule has 0 atom stereocenters. The quantitative estimate of drug-likeness (QED) is 0.512. The molecule has 0 unspecified atom stereocenters. The molecule has 0 aromatic heterocycles. The normalized spacial score (nSPS) is 10.9. The lowest BCUT2D eigenvalue weighted by Gasteiger charge is -2.02. The molecule has 0 amide bonds. The number of para-hydroxylation sites is 1. The average Bonchev–Trinajstić information content (AvgIpc) is 2.29. The van der Waals surface area contributed by atoms with E-state index in [9.17, 15) is 9.59 Å². The summed E-state index contributed by atoms with van der Waals surface area (Å²) in [5, 5.41) is 20.9. The molecule has 0 bridgehead atoms. The second kappa shape index (κ2) is 6.26. The van der Waals surface area contributed by atoms with Crippen molar-refractivity contribution in [1.29, 1.82) is 0 Å². The number of carbonyl (C=O) groups is 2. The molecule has 1 rings (SSSR count). The molecule has 0 radical (unpaired) electrons. The lowest BCUT2D eigenvalue weighted by Crippen LogP contribution is -2.16. The molecule has 0 aliphatic heterocycles. The first kappa shape index (κ1) is 12.7. The van der Waals surface area contributed by atoms with Gasteiger partial charge >= 0.3 is 11.9 Å². The molecule has 0 fully saturated rings. The second-order valence-electron chi connectivity index (χ2n) is 3.24. The van der Waals surface area contributed by atoms with Crippen molar-refractivity contribution < 1.29 is 19.8 Å². The van der Waals surface area contributed by atoms with Gasteiger partial charge in [-0.25, -0.2) is 4.79 Å². The summed E-state index contributed by atoms with van der Waals surface area (Å²) in [6, 6.07) is 8.81. The Kier molecular flexibility index (Phi) is 4.68. The van der Waals surface area contributed by atoms with Crippen LogP contribution in [0.15, 0.2) is 35.4 Å². The van der Waals surface area contributed by atoms with E-state index < -0.39 is 11.9 Å². The van der Waals surface area contributed by atoms with Crippen molar-refractivity contribution in [3.63, 3.8) is 0 Å². The number of hydrogen-bond acceptors (Lipinski definition) is 4. The number of anilines is 1. The van der Waals surface area contributed by atoms with Gasteiger partial charge in [0.25, 0.3) is 0 Å². The Balaban J connectivity index is 2.64. The van der Waals surface area contributed by atoms with E-state index in [4.69, 9.17) is 10.2 Å². The summed E-state index contributed by atoms with van der Waals surface area (Å²) in [4.78, 5) is 21.1. The van der Waals surface area contributed by atoms with E-state index in [2.05, 4.69) is 10.5 Å². The molecule has 0 spiro atoms. The van der Waals surface area contributed by atoms with E-state index in [-0.39, 0.29) is 18.6 Å². The minimum Gasteiger partial charge on any atom is -0.481 e. The number of benzene rings is 1. The lowest BCUT2D eigenvalue weighted by molar-refractivity contribution is -0.136. The van der Waals surface area contributed by atoms with Gasteiger partial charge in [0.1, 0.15) is 5.71 Å². The van der Waals surface area contributed by atoms with Gasteiger partial charge in [-0.1, -0.05) is 18.2 Å². The summed E-state index contributed by atoms with van der Waals surface area (Å²) < 4.78 is 0. The summed E-state index contributed by atoms with van der Waals surface area (Å²) in [7, 11) is 0. The monoisotopic (exact) mass is 236 g/mol. The highest BCUT2D eigenvalue weighted by Gasteiger charge is 2.11. The van der Waals surface area contributed by atoms with Crippen LogP contribution in [0.4, 0.5) is 5.69 Å². The number of aliphatic carboxylic acids is 2. The van der Waals surface area contributed by atoms with Crippen molar-refractivity contribution >= 4 is 23.3 Å². The van der Waals surface area contributed by atoms with Crippen LogP contribution in [0.1, 0.15) is 12.8 Å². The van der Waals surface area contributed by atoms with E-state index in [1.807, 2.05) is 6.07 Å². The zero-order chi connectivity index (χ0) is 12.7. The van der Waals surface area contributed by atoms with Gasteiger partial charge in [-0.15, -0.1) is 0 Å². The van der Waals surface area contributed by atoms with Crippen molar-refractivity contribution in [2.24, 2.45) is 5.10 Å². The zero-order valence-corrected chi connectivity index (χ0v) is 8.96. The third-order valence-electron chi connectivity index (χ3n) is 1.92. The number of rotatable bonds is 6. The smallest absolute Gasteiger partial charge is 0.352 e. The Morgan fingerprint density at radius 2 is 1.76 bits per heavy atom. The first-order chi connectivity index (χ1) is 8.09. The molecule has 1 aromatic carbocycles. The van der Waals surface area contributed by atoms with E-state index in [1.54, 1.807) is 24.3 Å². The third kappa shape index (κ3) is 4.78. The Bertz CT molecular complexity index is 428. The predicted molar refractivity (Wildman–Crippen MR) is 62.0 cm³/mol. The maximum atomic E-state index is 10.8. The van der Waals surface area contributed by atoms with Gasteiger partial charge in [0.15, 0.2) is 0 Å². The fraction of sp³-hybridized carbons (Fsp3) is 0.182. The lowest BCUT2D eigenvalue weighted by atomic mass is 10.2. The van der Waals surface area contributed by atoms with Gasteiger partial charge in [-0.2, -0.15) is 5.10 Å². The first-order valence-corrected chi connectivity index (χ1v) is 4.92. The molecule has 6 heteroatoms. The summed E-state index contributed by atoms with van der Waals surface area (Å²) in [6.45, 7) is 0. The minimum absolute atomic E-state index is 0.121. The molecule has 6 nitrogen and oxygen atoms in total. The van der Waals surface area contributed by atoms with Gasteiger partial charge in [-0.05, 0) is 12.1 Å². The number of nitrogens with one attached hydrogen (secondary N) is 1. The summed E-state index contributed by atoms with van der Waals surface area (Å²) in [6.07, 6.45) is -0.383. The fourth-order valence-corrected chi connectivity index (χ4v) is 1.08. The predicted octanol–water partition coefficient (Wildman–Crippen LogP) is 1.40. The van der Waals surface area contributed by atoms with Crippen molar-refractivity contribution in [2.75, 3.05) is 5.43 Å². The van der Waals surface area contributed by atoms with Gasteiger partial charge in [0, 0.05) is 6.42 Å². The van der Waals surface area contributed by atoms with Gasteiger partial charge in [-0.3, -0.25) is 10.2 Å². The molecule has 90 valence electrons. The number of hydrogen-bond donors (Lipinski definition) is 3. The van der Waals surface area contributed by atoms with Crippen molar-refractivity contribution in [3.8, 4) is 0 Å². The van der Waals surface area contributed by atoms with Gasteiger partial charge in [0.2, 0.25) is 0 Å². The summed E-state index contributed by atoms with van der Waals surface area (Å²) in [5.41, 5.74) is 2.99. The topological polar surface area (TPSA) is 99.0 Å². The van der Waals surface area contributed by atoms with Crippen molar-refractivity contribution in [3.05, 3.63) is 30.3 Å². The van der Waals surface area contributed by atoms with Crippen LogP contribution in [0.5, 0.6) is 0 Å². The van der Waals surface area contributed by atoms with Crippen LogP contribution >= 0.6 is 0 Å².